The second kappa shape index (κ2) is 9.06. The van der Waals surface area contributed by atoms with E-state index in [1.807, 2.05) is 6.07 Å². The Morgan fingerprint density at radius 3 is 2.71 bits per heavy atom. The van der Waals surface area contributed by atoms with Gasteiger partial charge in [0.1, 0.15) is 11.3 Å². The minimum atomic E-state index is -0.677. The molecule has 0 unspecified atom stereocenters. The van der Waals surface area contributed by atoms with Crippen LogP contribution >= 0.6 is 11.6 Å². The zero-order valence-corrected chi connectivity index (χ0v) is 16.7. The van der Waals surface area contributed by atoms with Crippen LogP contribution in [0.15, 0.2) is 72.0 Å². The molecule has 4 aromatic rings. The van der Waals surface area contributed by atoms with E-state index in [1.165, 1.54) is 0 Å². The van der Waals surface area contributed by atoms with Crippen LogP contribution in [0, 0.1) is 0 Å². The summed E-state index contributed by atoms with van der Waals surface area (Å²) in [5.74, 6) is 0.330. The number of H-pyrrole nitrogens is 1. The van der Waals surface area contributed by atoms with Gasteiger partial charge in [0.05, 0.1) is 0 Å². The average molecular weight is 434 g/mol. The monoisotopic (exact) mass is 433 g/mol. The fourth-order valence-corrected chi connectivity index (χ4v) is 2.88. The molecule has 2 aromatic heterocycles. The molecule has 4 rings (SSSR count). The number of nitrogens with zero attached hydrogens (tertiary/aromatic N) is 4. The highest BCUT2D eigenvalue weighted by atomic mass is 35.5. The number of ether oxygens (including phenoxy) is 1. The third kappa shape index (κ3) is 5.03. The van der Waals surface area contributed by atoms with Crippen molar-refractivity contribution in [1.82, 2.24) is 20.2 Å². The number of aromatic nitrogens is 4. The highest BCUT2D eigenvalue weighted by Crippen LogP contribution is 2.27. The number of benzene rings is 2. The number of carbonyl (C=O) groups excluding carboxylic acids is 1. The number of aliphatic imine (C=N–C) groups is 1. The van der Waals surface area contributed by atoms with Crippen LogP contribution in [0.3, 0.4) is 0 Å². The van der Waals surface area contributed by atoms with Gasteiger partial charge in [0.15, 0.2) is 11.6 Å². The molecule has 4 N–H and O–H groups in total. The molecule has 0 fully saturated rings. The predicted octanol–water partition coefficient (Wildman–Crippen LogP) is 4.24. The second-order valence-electron chi connectivity index (χ2n) is 6.26. The lowest BCUT2D eigenvalue weighted by Crippen LogP contribution is -2.12. The summed E-state index contributed by atoms with van der Waals surface area (Å²) in [4.78, 5) is 24.4. The number of primary amides is 1. The van der Waals surface area contributed by atoms with Gasteiger partial charge in [-0.15, -0.1) is 0 Å². The van der Waals surface area contributed by atoms with Gasteiger partial charge in [-0.2, -0.15) is 5.10 Å². The summed E-state index contributed by atoms with van der Waals surface area (Å²) >= 11 is 6.00. The summed E-state index contributed by atoms with van der Waals surface area (Å²) in [6.07, 6.45) is 4.74. The second-order valence-corrected chi connectivity index (χ2v) is 6.70. The molecule has 0 aliphatic heterocycles. The van der Waals surface area contributed by atoms with Crippen molar-refractivity contribution in [3.63, 3.8) is 0 Å². The lowest BCUT2D eigenvalue weighted by molar-refractivity contribution is 0.100. The molecule has 154 valence electrons. The first-order valence-corrected chi connectivity index (χ1v) is 9.46. The van der Waals surface area contributed by atoms with Gasteiger partial charge in [-0.3, -0.25) is 9.89 Å². The van der Waals surface area contributed by atoms with E-state index in [0.29, 0.717) is 16.5 Å². The van der Waals surface area contributed by atoms with E-state index in [2.05, 4.69) is 30.5 Å². The molecule has 0 atom stereocenters. The van der Waals surface area contributed by atoms with Crippen molar-refractivity contribution in [2.75, 3.05) is 5.32 Å². The Balaban J connectivity index is 1.56. The van der Waals surface area contributed by atoms with Crippen LogP contribution in [0.1, 0.15) is 15.9 Å². The van der Waals surface area contributed by atoms with Gasteiger partial charge in [-0.25, -0.2) is 15.0 Å². The van der Waals surface area contributed by atoms with Gasteiger partial charge < -0.3 is 15.8 Å². The van der Waals surface area contributed by atoms with E-state index in [1.54, 1.807) is 67.1 Å². The Morgan fingerprint density at radius 2 is 1.94 bits per heavy atom. The average Bonchev–Trinajstić information content (AvgIpc) is 3.16. The van der Waals surface area contributed by atoms with Crippen molar-refractivity contribution in [3.05, 3.63) is 83.1 Å². The molecule has 2 heterocycles. The number of aromatic amines is 1. The van der Waals surface area contributed by atoms with Crippen molar-refractivity contribution >= 4 is 41.0 Å². The molecular weight excluding hydrogens is 418 g/mol. The largest absolute Gasteiger partial charge is 0.424 e. The number of hydrogen-bond acceptors (Lipinski definition) is 7. The van der Waals surface area contributed by atoms with Crippen molar-refractivity contribution in [2.24, 2.45) is 10.7 Å². The minimum absolute atomic E-state index is 0.126. The molecule has 10 heteroatoms. The topological polar surface area (TPSA) is 131 Å². The zero-order valence-electron chi connectivity index (χ0n) is 16.0. The van der Waals surface area contributed by atoms with Crippen LogP contribution in [0.5, 0.6) is 11.8 Å². The van der Waals surface area contributed by atoms with Crippen molar-refractivity contribution < 1.29 is 9.53 Å². The fourth-order valence-electron chi connectivity index (χ4n) is 2.69. The van der Waals surface area contributed by atoms with Gasteiger partial charge in [-0.05, 0) is 42.0 Å². The standard InChI is InChI=1S/C21H16ClN7O2/c22-14-5-2-6-15(11-14)27-20-17(18(23)30)19(28-29-20)26-12-13-4-1-7-16(10-13)31-21-24-8-3-9-25-21/h1-12H,(H2,23,30)(H2,27,28,29)/b26-12+. The Bertz CT molecular complexity index is 1240. The normalized spacial score (nSPS) is 10.9. The summed E-state index contributed by atoms with van der Waals surface area (Å²) in [6, 6.07) is 16.1. The molecule has 0 bridgehead atoms. The minimum Gasteiger partial charge on any atom is -0.424 e. The Morgan fingerprint density at radius 1 is 1.13 bits per heavy atom. The molecule has 0 spiro atoms. The molecule has 31 heavy (non-hydrogen) atoms. The van der Waals surface area contributed by atoms with E-state index >= 15 is 0 Å². The van der Waals surface area contributed by atoms with Gasteiger partial charge in [0.2, 0.25) is 0 Å². The number of rotatable bonds is 7. The molecule has 0 saturated carbocycles. The lowest BCUT2D eigenvalue weighted by atomic mass is 10.2. The van der Waals surface area contributed by atoms with Crippen LogP contribution in [0.2, 0.25) is 5.02 Å². The number of amides is 1. The Labute approximate surface area is 182 Å². The van der Waals surface area contributed by atoms with E-state index in [9.17, 15) is 4.79 Å². The molecule has 0 radical (unpaired) electrons. The summed E-state index contributed by atoms with van der Waals surface area (Å²) < 4.78 is 5.61. The first-order valence-electron chi connectivity index (χ1n) is 9.08. The number of nitrogens with one attached hydrogen (secondary N) is 2. The van der Waals surface area contributed by atoms with Gasteiger partial charge in [-0.1, -0.05) is 29.8 Å². The van der Waals surface area contributed by atoms with Crippen molar-refractivity contribution in [2.45, 2.75) is 0 Å². The zero-order chi connectivity index (χ0) is 21.6. The van der Waals surface area contributed by atoms with Crippen molar-refractivity contribution in [3.8, 4) is 11.8 Å². The Kier molecular flexibility index (Phi) is 5.86. The number of anilines is 2. The van der Waals surface area contributed by atoms with Crippen molar-refractivity contribution in [1.29, 1.82) is 0 Å². The summed E-state index contributed by atoms with van der Waals surface area (Å²) in [5.41, 5.74) is 7.06. The third-order valence-corrected chi connectivity index (χ3v) is 4.27. The molecule has 9 nitrogen and oxygen atoms in total. The van der Waals surface area contributed by atoms with Crippen LogP contribution < -0.4 is 15.8 Å². The molecular formula is C21H16ClN7O2. The molecule has 0 aliphatic carbocycles. The number of hydrogen-bond donors (Lipinski definition) is 3. The fraction of sp³-hybridized carbons (Fsp3) is 0. The number of nitrogens with two attached hydrogens (primary N) is 1. The first kappa shape index (κ1) is 20.0. The number of carbonyl (C=O) groups is 1. The molecule has 0 saturated heterocycles. The van der Waals surface area contributed by atoms with E-state index < -0.39 is 5.91 Å². The molecule has 1 amide bonds. The van der Waals surface area contributed by atoms with E-state index in [-0.39, 0.29) is 23.2 Å². The summed E-state index contributed by atoms with van der Waals surface area (Å²) in [6.45, 7) is 0. The SMILES string of the molecule is NC(=O)c1c(Nc2cccc(Cl)c2)n[nH]c1/N=C/c1cccc(Oc2ncccn2)c1. The van der Waals surface area contributed by atoms with E-state index in [0.717, 1.165) is 5.56 Å². The maximum Gasteiger partial charge on any atom is 0.321 e. The first-order chi connectivity index (χ1) is 15.1. The predicted molar refractivity (Wildman–Crippen MR) is 118 cm³/mol. The summed E-state index contributed by atoms with van der Waals surface area (Å²) in [7, 11) is 0. The van der Waals surface area contributed by atoms with Crippen LogP contribution in [0.4, 0.5) is 17.3 Å². The Hall–Kier alpha value is -4.24. The van der Waals surface area contributed by atoms with Crippen LogP contribution in [0.25, 0.3) is 0 Å². The highest BCUT2D eigenvalue weighted by molar-refractivity contribution is 6.30. The molecule has 0 aliphatic rings. The lowest BCUT2D eigenvalue weighted by Gasteiger charge is -2.05. The third-order valence-electron chi connectivity index (χ3n) is 4.03. The van der Waals surface area contributed by atoms with Crippen LogP contribution in [-0.4, -0.2) is 32.3 Å². The smallest absolute Gasteiger partial charge is 0.321 e. The van der Waals surface area contributed by atoms with Gasteiger partial charge >= 0.3 is 6.01 Å². The maximum absolute atomic E-state index is 12.0. The van der Waals surface area contributed by atoms with Gasteiger partial charge in [0, 0.05) is 29.3 Å². The summed E-state index contributed by atoms with van der Waals surface area (Å²) in [5, 5.41) is 10.4. The highest BCUT2D eigenvalue weighted by Gasteiger charge is 2.18. The van der Waals surface area contributed by atoms with Crippen LogP contribution in [-0.2, 0) is 0 Å². The quantitative estimate of drug-likeness (QED) is 0.373. The van der Waals surface area contributed by atoms with E-state index in [4.69, 9.17) is 22.1 Å². The molecule has 2 aromatic carbocycles. The number of halogens is 1. The maximum atomic E-state index is 12.0. The van der Waals surface area contributed by atoms with Gasteiger partial charge in [0.25, 0.3) is 5.91 Å².